The largest absolute Gasteiger partial charge is 0.264 e. The fourth-order valence-electron chi connectivity index (χ4n) is 0.838. The molecule has 0 saturated carbocycles. The summed E-state index contributed by atoms with van der Waals surface area (Å²) in [6.07, 6.45) is 9.73. The van der Waals surface area contributed by atoms with Crippen molar-refractivity contribution in [3.63, 3.8) is 0 Å². The summed E-state index contributed by atoms with van der Waals surface area (Å²) in [5.41, 5.74) is 1.13. The van der Waals surface area contributed by atoms with Crippen molar-refractivity contribution in [1.82, 2.24) is 4.98 Å². The number of allylic oxidation sites excluding steroid dienone is 2. The Kier molecular flexibility index (Phi) is 5.02. The molecule has 1 aromatic heterocycles. The lowest BCUT2D eigenvalue weighted by molar-refractivity contribution is 1.32. The van der Waals surface area contributed by atoms with Crippen LogP contribution in [0.5, 0.6) is 0 Å². The van der Waals surface area contributed by atoms with Crippen LogP contribution in [0.1, 0.15) is 12.5 Å². The van der Waals surface area contributed by atoms with Gasteiger partial charge in [-0.15, -0.1) is 11.8 Å². The van der Waals surface area contributed by atoms with Crippen LogP contribution in [-0.4, -0.2) is 10.7 Å². The minimum atomic E-state index is 1.12. The van der Waals surface area contributed by atoms with Gasteiger partial charge in [0.05, 0.1) is 0 Å². The predicted octanol–water partition coefficient (Wildman–Crippen LogP) is 3.36. The smallest absolute Gasteiger partial charge is 0.0340 e. The Hall–Kier alpha value is -1.02. The molecule has 0 aliphatic rings. The van der Waals surface area contributed by atoms with Crippen LogP contribution in [0.4, 0.5) is 0 Å². The third-order valence-electron chi connectivity index (χ3n) is 1.43. The normalized spacial score (nSPS) is 11.5. The average Bonchev–Trinajstić information content (AvgIpc) is 2.19. The van der Waals surface area contributed by atoms with Gasteiger partial charge in [0, 0.05) is 12.4 Å². The van der Waals surface area contributed by atoms with Crippen LogP contribution in [0.15, 0.2) is 42.1 Å². The molecule has 1 rings (SSSR count). The molecule has 0 aliphatic heterocycles. The summed E-state index contributed by atoms with van der Waals surface area (Å²) in [5.74, 6) is 1.12. The molecule has 0 bridgehead atoms. The van der Waals surface area contributed by atoms with Crippen molar-refractivity contribution in [3.05, 3.63) is 47.6 Å². The molecular weight excluding hydrogens is 178 g/mol. The Bertz CT molecular complexity index is 277. The number of aromatic nitrogens is 1. The lowest BCUT2D eigenvalue weighted by atomic mass is 10.2. The van der Waals surface area contributed by atoms with E-state index in [1.54, 1.807) is 18.0 Å². The van der Waals surface area contributed by atoms with Crippen LogP contribution in [0.3, 0.4) is 0 Å². The van der Waals surface area contributed by atoms with E-state index in [-0.39, 0.29) is 0 Å². The molecule has 0 aliphatic carbocycles. The van der Waals surface area contributed by atoms with Gasteiger partial charge in [0.2, 0.25) is 0 Å². The highest BCUT2D eigenvalue weighted by atomic mass is 32.2. The topological polar surface area (TPSA) is 12.9 Å². The van der Waals surface area contributed by atoms with E-state index in [2.05, 4.69) is 17.3 Å². The van der Waals surface area contributed by atoms with Crippen LogP contribution in [0.2, 0.25) is 0 Å². The lowest BCUT2D eigenvalue weighted by Crippen LogP contribution is -1.71. The number of pyridine rings is 1. The highest BCUT2D eigenvalue weighted by Crippen LogP contribution is 2.02. The molecule has 0 unspecified atom stereocenters. The number of thioether (sulfide) groups is 1. The SMILES string of the molecule is CCS/C=C/C=C/c1cccnc1. The minimum absolute atomic E-state index is 1.12. The molecular formula is C11H13NS. The lowest BCUT2D eigenvalue weighted by Gasteiger charge is -1.87. The first-order chi connectivity index (χ1) is 6.43. The summed E-state index contributed by atoms with van der Waals surface area (Å²) < 4.78 is 0. The zero-order valence-electron chi connectivity index (χ0n) is 7.68. The molecule has 1 heterocycles. The molecule has 13 heavy (non-hydrogen) atoms. The monoisotopic (exact) mass is 191 g/mol. The van der Waals surface area contributed by atoms with Crippen molar-refractivity contribution in [1.29, 1.82) is 0 Å². The molecule has 0 radical (unpaired) electrons. The molecule has 0 saturated heterocycles. The van der Waals surface area contributed by atoms with E-state index in [1.165, 1.54) is 0 Å². The maximum absolute atomic E-state index is 4.02. The first-order valence-electron chi connectivity index (χ1n) is 4.28. The minimum Gasteiger partial charge on any atom is -0.264 e. The molecule has 0 N–H and O–H groups in total. The van der Waals surface area contributed by atoms with Gasteiger partial charge < -0.3 is 0 Å². The fraction of sp³-hybridized carbons (Fsp3) is 0.182. The van der Waals surface area contributed by atoms with Gasteiger partial charge in [-0.25, -0.2) is 0 Å². The van der Waals surface area contributed by atoms with E-state index in [9.17, 15) is 0 Å². The molecule has 2 heteroatoms. The van der Waals surface area contributed by atoms with Gasteiger partial charge >= 0.3 is 0 Å². The number of rotatable bonds is 4. The summed E-state index contributed by atoms with van der Waals surface area (Å²) in [6.45, 7) is 2.14. The second kappa shape index (κ2) is 6.49. The molecule has 68 valence electrons. The molecule has 0 spiro atoms. The molecule has 0 atom stereocenters. The molecule has 1 aromatic rings. The maximum Gasteiger partial charge on any atom is 0.0340 e. The highest BCUT2D eigenvalue weighted by molar-refractivity contribution is 8.02. The van der Waals surface area contributed by atoms with Gasteiger partial charge in [0.1, 0.15) is 0 Å². The van der Waals surface area contributed by atoms with Gasteiger partial charge in [0.15, 0.2) is 0 Å². The van der Waals surface area contributed by atoms with Crippen LogP contribution >= 0.6 is 11.8 Å². The standard InChI is InChI=1S/C11H13NS/c1-2-13-9-4-3-6-11-7-5-8-12-10-11/h3-10H,2H2,1H3/b6-3+,9-4+. The second-order valence-corrected chi connectivity index (χ2v) is 3.61. The average molecular weight is 191 g/mol. The zero-order chi connectivity index (χ0) is 9.36. The zero-order valence-corrected chi connectivity index (χ0v) is 8.50. The highest BCUT2D eigenvalue weighted by Gasteiger charge is 1.80. The Morgan fingerprint density at radius 3 is 3.08 bits per heavy atom. The van der Waals surface area contributed by atoms with Crippen LogP contribution < -0.4 is 0 Å². The van der Waals surface area contributed by atoms with Gasteiger partial charge in [-0.05, 0) is 22.8 Å². The van der Waals surface area contributed by atoms with Crippen molar-refractivity contribution < 1.29 is 0 Å². The van der Waals surface area contributed by atoms with E-state index in [0.29, 0.717) is 0 Å². The number of hydrogen-bond donors (Lipinski definition) is 0. The third-order valence-corrected chi connectivity index (χ3v) is 2.11. The Labute approximate surface area is 83.6 Å². The van der Waals surface area contributed by atoms with E-state index in [1.807, 2.05) is 36.6 Å². The summed E-state index contributed by atoms with van der Waals surface area (Å²) in [6, 6.07) is 3.97. The Balaban J connectivity index is 2.41. The van der Waals surface area contributed by atoms with E-state index in [0.717, 1.165) is 11.3 Å². The Morgan fingerprint density at radius 1 is 1.46 bits per heavy atom. The first-order valence-corrected chi connectivity index (χ1v) is 5.33. The second-order valence-electron chi connectivity index (χ2n) is 2.43. The number of hydrogen-bond acceptors (Lipinski definition) is 2. The first kappa shape index (κ1) is 10.1. The molecule has 0 aromatic carbocycles. The van der Waals surface area contributed by atoms with Gasteiger partial charge in [0.25, 0.3) is 0 Å². The van der Waals surface area contributed by atoms with Crippen molar-refractivity contribution in [3.8, 4) is 0 Å². The number of nitrogens with zero attached hydrogens (tertiary/aromatic N) is 1. The van der Waals surface area contributed by atoms with Crippen LogP contribution in [0, 0.1) is 0 Å². The van der Waals surface area contributed by atoms with E-state index < -0.39 is 0 Å². The molecule has 0 fully saturated rings. The van der Waals surface area contributed by atoms with Gasteiger partial charge in [-0.3, -0.25) is 4.98 Å². The quantitative estimate of drug-likeness (QED) is 0.677. The maximum atomic E-state index is 4.02. The van der Waals surface area contributed by atoms with E-state index >= 15 is 0 Å². The third kappa shape index (κ3) is 4.53. The predicted molar refractivity (Wildman–Crippen MR) is 60.5 cm³/mol. The van der Waals surface area contributed by atoms with Crippen LogP contribution in [0.25, 0.3) is 6.08 Å². The summed E-state index contributed by atoms with van der Waals surface area (Å²) >= 11 is 1.80. The molecule has 0 amide bonds. The van der Waals surface area contributed by atoms with Gasteiger partial charge in [-0.1, -0.05) is 31.2 Å². The Morgan fingerprint density at radius 2 is 2.38 bits per heavy atom. The van der Waals surface area contributed by atoms with Crippen molar-refractivity contribution >= 4 is 17.8 Å². The summed E-state index contributed by atoms with van der Waals surface area (Å²) in [7, 11) is 0. The van der Waals surface area contributed by atoms with E-state index in [4.69, 9.17) is 0 Å². The van der Waals surface area contributed by atoms with Crippen molar-refractivity contribution in [2.45, 2.75) is 6.92 Å². The van der Waals surface area contributed by atoms with Crippen molar-refractivity contribution in [2.75, 3.05) is 5.75 Å². The molecule has 1 nitrogen and oxygen atoms in total. The fourth-order valence-corrected chi connectivity index (χ4v) is 1.23. The van der Waals surface area contributed by atoms with Crippen LogP contribution in [-0.2, 0) is 0 Å². The van der Waals surface area contributed by atoms with Crippen molar-refractivity contribution in [2.24, 2.45) is 0 Å². The van der Waals surface area contributed by atoms with Gasteiger partial charge in [-0.2, -0.15) is 0 Å². The summed E-state index contributed by atoms with van der Waals surface area (Å²) in [4.78, 5) is 4.02. The summed E-state index contributed by atoms with van der Waals surface area (Å²) in [5, 5.41) is 2.09.